The molecule has 2 fully saturated rings. The first-order valence-corrected chi connectivity index (χ1v) is 8.86. The fraction of sp³-hybridized carbons (Fsp3) is 0.500. The first kappa shape index (κ1) is 16.1. The number of pyridine rings is 1. The second kappa shape index (κ2) is 6.48. The van der Waals surface area contributed by atoms with Crippen LogP contribution in [0.3, 0.4) is 0 Å². The van der Waals surface area contributed by atoms with E-state index in [4.69, 9.17) is 0 Å². The molecule has 2 amide bonds. The normalized spacial score (nSPS) is 21.7. The number of urea groups is 1. The summed E-state index contributed by atoms with van der Waals surface area (Å²) in [6, 6.07) is 5.77. The van der Waals surface area contributed by atoms with E-state index >= 15 is 0 Å². The van der Waals surface area contributed by atoms with Gasteiger partial charge in [0, 0.05) is 44.5 Å². The Morgan fingerprint density at radius 2 is 2.16 bits per heavy atom. The molecule has 0 unspecified atom stereocenters. The Kier molecular flexibility index (Phi) is 4.17. The third-order valence-corrected chi connectivity index (χ3v) is 5.06. The highest BCUT2D eigenvalue weighted by Crippen LogP contribution is 2.19. The van der Waals surface area contributed by atoms with Crippen LogP contribution >= 0.6 is 0 Å². The number of carbonyl (C=O) groups is 1. The van der Waals surface area contributed by atoms with Gasteiger partial charge in [-0.05, 0) is 37.9 Å². The second-order valence-electron chi connectivity index (χ2n) is 6.98. The van der Waals surface area contributed by atoms with Gasteiger partial charge in [-0.1, -0.05) is 6.07 Å². The molecule has 0 spiro atoms. The lowest BCUT2D eigenvalue weighted by atomic mass is 10.0. The van der Waals surface area contributed by atoms with Crippen molar-refractivity contribution in [2.24, 2.45) is 0 Å². The molecule has 2 aliphatic heterocycles. The minimum Gasteiger partial charge on any atom is -0.336 e. The number of fused-ring (bicyclic) bond motifs is 1. The van der Waals surface area contributed by atoms with Crippen molar-refractivity contribution in [1.29, 1.82) is 0 Å². The monoisotopic (exact) mass is 341 g/mol. The maximum atomic E-state index is 12.4. The predicted octanol–water partition coefficient (Wildman–Crippen LogP) is 0.993. The van der Waals surface area contributed by atoms with Crippen LogP contribution in [0.15, 0.2) is 29.2 Å². The Hall–Kier alpha value is -2.41. The van der Waals surface area contributed by atoms with Crippen molar-refractivity contribution in [3.63, 3.8) is 0 Å². The molecule has 1 atom stereocenters. The topological polar surface area (TPSA) is 70.0 Å². The summed E-state index contributed by atoms with van der Waals surface area (Å²) >= 11 is 0. The number of piperidine rings is 1. The number of rotatable bonds is 3. The standard InChI is InChI=1S/C18H23N5O2/c1-13-4-5-16-20-14(9-17(24)23(16)10-13)11-21-7-2-3-15(12-21)22-8-6-19-18(22)25/h4-5,9-10,15H,2-3,6-8,11-12H2,1H3,(H,19,25)/t15-/m0/s1. The molecular weight excluding hydrogens is 318 g/mol. The van der Waals surface area contributed by atoms with Gasteiger partial charge >= 0.3 is 6.03 Å². The zero-order valence-electron chi connectivity index (χ0n) is 14.4. The van der Waals surface area contributed by atoms with E-state index in [-0.39, 0.29) is 17.6 Å². The largest absolute Gasteiger partial charge is 0.336 e. The van der Waals surface area contributed by atoms with E-state index < -0.39 is 0 Å². The van der Waals surface area contributed by atoms with Gasteiger partial charge in [-0.15, -0.1) is 0 Å². The van der Waals surface area contributed by atoms with Crippen LogP contribution in [0, 0.1) is 6.92 Å². The van der Waals surface area contributed by atoms with E-state index in [0.717, 1.165) is 50.3 Å². The molecule has 0 saturated carbocycles. The zero-order valence-corrected chi connectivity index (χ0v) is 14.4. The molecule has 2 aromatic heterocycles. The number of aryl methyl sites for hydroxylation is 1. The summed E-state index contributed by atoms with van der Waals surface area (Å²) in [5.74, 6) is 0. The first-order chi connectivity index (χ1) is 12.1. The number of carbonyl (C=O) groups excluding carboxylic acids is 1. The van der Waals surface area contributed by atoms with Crippen LogP contribution in [0.5, 0.6) is 0 Å². The van der Waals surface area contributed by atoms with Crippen LogP contribution in [0.2, 0.25) is 0 Å². The number of hydrogen-bond donors (Lipinski definition) is 1. The van der Waals surface area contributed by atoms with Gasteiger partial charge in [-0.3, -0.25) is 14.1 Å². The maximum absolute atomic E-state index is 12.4. The molecule has 0 aliphatic carbocycles. The summed E-state index contributed by atoms with van der Waals surface area (Å²) in [4.78, 5) is 33.1. The van der Waals surface area contributed by atoms with Crippen molar-refractivity contribution in [3.05, 3.63) is 46.0 Å². The van der Waals surface area contributed by atoms with Crippen LogP contribution in [-0.2, 0) is 6.54 Å². The third-order valence-electron chi connectivity index (χ3n) is 5.06. The van der Waals surface area contributed by atoms with Crippen LogP contribution in [-0.4, -0.2) is 57.4 Å². The number of hydrogen-bond acceptors (Lipinski definition) is 4. The van der Waals surface area contributed by atoms with E-state index in [1.54, 1.807) is 10.5 Å². The van der Waals surface area contributed by atoms with Gasteiger partial charge in [-0.25, -0.2) is 9.78 Å². The molecule has 7 heteroatoms. The Balaban J connectivity index is 1.51. The molecule has 132 valence electrons. The number of nitrogens with one attached hydrogen (secondary N) is 1. The molecule has 7 nitrogen and oxygen atoms in total. The SMILES string of the molecule is Cc1ccc2nc(CN3CCC[C@H](N4CCNC4=O)C3)cc(=O)n2c1. The number of amides is 2. The third kappa shape index (κ3) is 3.24. The van der Waals surface area contributed by atoms with Crippen molar-refractivity contribution in [1.82, 2.24) is 24.5 Å². The van der Waals surface area contributed by atoms with Crippen molar-refractivity contribution in [2.75, 3.05) is 26.2 Å². The Bertz CT molecular complexity index is 862. The van der Waals surface area contributed by atoms with Crippen molar-refractivity contribution < 1.29 is 4.79 Å². The zero-order chi connectivity index (χ0) is 17.4. The number of likely N-dealkylation sites (tertiary alicyclic amines) is 1. The molecule has 4 rings (SSSR count). The number of nitrogens with zero attached hydrogens (tertiary/aromatic N) is 4. The number of aromatic nitrogens is 2. The highest BCUT2D eigenvalue weighted by molar-refractivity contribution is 5.76. The van der Waals surface area contributed by atoms with Crippen molar-refractivity contribution in [2.45, 2.75) is 32.4 Å². The molecule has 0 radical (unpaired) electrons. The lowest BCUT2D eigenvalue weighted by Gasteiger charge is -2.36. The smallest absolute Gasteiger partial charge is 0.317 e. The molecule has 25 heavy (non-hydrogen) atoms. The van der Waals surface area contributed by atoms with Gasteiger partial charge in [0.1, 0.15) is 5.65 Å². The lowest BCUT2D eigenvalue weighted by Crippen LogP contribution is -2.48. The van der Waals surface area contributed by atoms with Crippen LogP contribution in [0.1, 0.15) is 24.1 Å². The van der Waals surface area contributed by atoms with E-state index in [2.05, 4.69) is 15.2 Å². The van der Waals surface area contributed by atoms with Crippen LogP contribution < -0.4 is 10.9 Å². The van der Waals surface area contributed by atoms with E-state index in [1.807, 2.05) is 30.2 Å². The van der Waals surface area contributed by atoms with Crippen molar-refractivity contribution >= 4 is 11.7 Å². The quantitative estimate of drug-likeness (QED) is 0.904. The van der Waals surface area contributed by atoms with Crippen LogP contribution in [0.4, 0.5) is 4.79 Å². The highest BCUT2D eigenvalue weighted by Gasteiger charge is 2.31. The van der Waals surface area contributed by atoms with E-state index in [9.17, 15) is 9.59 Å². The van der Waals surface area contributed by atoms with Gasteiger partial charge < -0.3 is 10.2 Å². The minimum absolute atomic E-state index is 0.0452. The fourth-order valence-electron chi connectivity index (χ4n) is 3.83. The van der Waals surface area contributed by atoms with E-state index in [1.165, 1.54) is 0 Å². The molecule has 1 N–H and O–H groups in total. The molecule has 4 heterocycles. The molecule has 2 saturated heterocycles. The lowest BCUT2D eigenvalue weighted by molar-refractivity contribution is 0.121. The average Bonchev–Trinajstić information content (AvgIpc) is 3.02. The van der Waals surface area contributed by atoms with Gasteiger partial charge in [0.25, 0.3) is 5.56 Å². The molecular formula is C18H23N5O2. The summed E-state index contributed by atoms with van der Waals surface area (Å²) in [5, 5.41) is 2.88. The minimum atomic E-state index is -0.0452. The Morgan fingerprint density at radius 3 is 2.96 bits per heavy atom. The average molecular weight is 341 g/mol. The van der Waals surface area contributed by atoms with Gasteiger partial charge in [0.2, 0.25) is 0 Å². The summed E-state index contributed by atoms with van der Waals surface area (Å²) < 4.78 is 1.59. The molecule has 2 aromatic rings. The second-order valence-corrected chi connectivity index (χ2v) is 6.98. The Morgan fingerprint density at radius 1 is 1.28 bits per heavy atom. The highest BCUT2D eigenvalue weighted by atomic mass is 16.2. The van der Waals surface area contributed by atoms with Gasteiger partial charge in [-0.2, -0.15) is 0 Å². The van der Waals surface area contributed by atoms with Gasteiger partial charge in [0.05, 0.1) is 5.69 Å². The first-order valence-electron chi connectivity index (χ1n) is 8.86. The molecule has 0 aromatic carbocycles. The summed E-state index contributed by atoms with van der Waals surface area (Å²) in [5.41, 5.74) is 2.46. The molecule has 2 aliphatic rings. The Labute approximate surface area is 146 Å². The fourth-order valence-corrected chi connectivity index (χ4v) is 3.83. The summed E-state index contributed by atoms with van der Waals surface area (Å²) in [6.07, 6.45) is 3.91. The van der Waals surface area contributed by atoms with Crippen LogP contribution in [0.25, 0.3) is 5.65 Å². The van der Waals surface area contributed by atoms with Gasteiger partial charge in [0.15, 0.2) is 0 Å². The van der Waals surface area contributed by atoms with Crippen molar-refractivity contribution in [3.8, 4) is 0 Å². The molecule has 0 bridgehead atoms. The maximum Gasteiger partial charge on any atom is 0.317 e. The summed E-state index contributed by atoms with van der Waals surface area (Å²) in [6.45, 7) is 5.93. The van der Waals surface area contributed by atoms with E-state index in [0.29, 0.717) is 12.2 Å². The predicted molar refractivity (Wildman–Crippen MR) is 94.6 cm³/mol. The summed E-state index contributed by atoms with van der Waals surface area (Å²) in [7, 11) is 0.